The molecule has 0 spiro atoms. The average molecular weight is 220 g/mol. The van der Waals surface area contributed by atoms with Crippen LogP contribution in [-0.4, -0.2) is 18.4 Å². The Bertz CT molecular complexity index is 371. The maximum absolute atomic E-state index is 11.3. The lowest BCUT2D eigenvalue weighted by Gasteiger charge is -2.06. The minimum Gasteiger partial charge on any atom is -0.337 e. The highest BCUT2D eigenvalue weighted by Gasteiger charge is 2.01. The molecule has 2 amide bonds. The van der Waals surface area contributed by atoms with Crippen LogP contribution >= 0.6 is 0 Å². The minimum atomic E-state index is -0.287. The first-order chi connectivity index (χ1) is 7.58. The zero-order chi connectivity index (χ0) is 12.0. The van der Waals surface area contributed by atoms with E-state index in [1.54, 1.807) is 0 Å². The van der Waals surface area contributed by atoms with Crippen molar-refractivity contribution in [3.8, 4) is 0 Å². The summed E-state index contributed by atoms with van der Waals surface area (Å²) in [5, 5.41) is 5.29. The van der Waals surface area contributed by atoms with Gasteiger partial charge in [0.15, 0.2) is 0 Å². The Morgan fingerprint density at radius 3 is 2.38 bits per heavy atom. The van der Waals surface area contributed by atoms with Gasteiger partial charge in [-0.05, 0) is 26.0 Å². The van der Waals surface area contributed by atoms with Gasteiger partial charge in [0.05, 0.1) is 0 Å². The lowest BCUT2D eigenvalue weighted by Crippen LogP contribution is -2.30. The van der Waals surface area contributed by atoms with Crippen molar-refractivity contribution in [3.05, 3.63) is 29.8 Å². The van der Waals surface area contributed by atoms with Crippen LogP contribution in [0.1, 0.15) is 18.9 Å². The van der Waals surface area contributed by atoms with E-state index >= 15 is 0 Å². The molecule has 4 nitrogen and oxygen atoms in total. The highest BCUT2D eigenvalue weighted by molar-refractivity contribution is 5.89. The van der Waals surface area contributed by atoms with Gasteiger partial charge in [-0.25, -0.2) is 4.79 Å². The summed E-state index contributed by atoms with van der Waals surface area (Å²) in [7, 11) is 0. The Balaban J connectivity index is 2.34. The molecular weight excluding hydrogens is 204 g/mol. The summed E-state index contributed by atoms with van der Waals surface area (Å²) < 4.78 is 0. The van der Waals surface area contributed by atoms with Crippen molar-refractivity contribution >= 4 is 17.5 Å². The number of Topliss-reactive ketones (excluding diaryl/α,β-unsaturated/α-hetero) is 1. The average Bonchev–Trinajstić information content (AvgIpc) is 2.21. The highest BCUT2D eigenvalue weighted by atomic mass is 16.2. The van der Waals surface area contributed by atoms with Gasteiger partial charge in [0.25, 0.3) is 0 Å². The van der Waals surface area contributed by atoms with Gasteiger partial charge in [-0.1, -0.05) is 17.7 Å². The number of hydrogen-bond donors (Lipinski definition) is 2. The van der Waals surface area contributed by atoms with Crippen LogP contribution in [-0.2, 0) is 4.79 Å². The monoisotopic (exact) mass is 220 g/mol. The van der Waals surface area contributed by atoms with E-state index in [-0.39, 0.29) is 11.8 Å². The number of ketones is 1. The first-order valence-electron chi connectivity index (χ1n) is 5.19. The molecule has 86 valence electrons. The molecule has 0 fully saturated rings. The molecule has 0 saturated carbocycles. The standard InChI is InChI=1S/C12H16N2O2/c1-9-3-5-11(6-4-9)14-12(16)13-8-7-10(2)15/h3-6H,7-8H2,1-2H3,(H2,13,14,16). The van der Waals surface area contributed by atoms with Crippen molar-refractivity contribution in [3.63, 3.8) is 0 Å². The van der Waals surface area contributed by atoms with E-state index in [9.17, 15) is 9.59 Å². The molecule has 0 aliphatic carbocycles. The first kappa shape index (κ1) is 12.2. The number of benzene rings is 1. The number of carbonyl (C=O) groups is 2. The molecule has 0 saturated heterocycles. The van der Waals surface area contributed by atoms with Gasteiger partial charge >= 0.3 is 6.03 Å². The second kappa shape index (κ2) is 5.90. The Morgan fingerprint density at radius 1 is 1.19 bits per heavy atom. The van der Waals surface area contributed by atoms with Gasteiger partial charge < -0.3 is 10.6 Å². The normalized spacial score (nSPS) is 9.62. The summed E-state index contributed by atoms with van der Waals surface area (Å²) in [6, 6.07) is 7.22. The van der Waals surface area contributed by atoms with E-state index in [0.717, 1.165) is 11.3 Å². The molecule has 1 rings (SSSR count). The summed E-state index contributed by atoms with van der Waals surface area (Å²) in [6.07, 6.45) is 0.362. The van der Waals surface area contributed by atoms with Crippen molar-refractivity contribution in [1.82, 2.24) is 5.32 Å². The maximum Gasteiger partial charge on any atom is 0.319 e. The van der Waals surface area contributed by atoms with Crippen LogP contribution in [0.5, 0.6) is 0 Å². The van der Waals surface area contributed by atoms with Crippen LogP contribution in [0.25, 0.3) is 0 Å². The Labute approximate surface area is 95.0 Å². The third kappa shape index (κ3) is 4.59. The van der Waals surface area contributed by atoms with Crippen molar-refractivity contribution in [2.45, 2.75) is 20.3 Å². The predicted molar refractivity (Wildman–Crippen MR) is 63.5 cm³/mol. The Hall–Kier alpha value is -1.84. The molecule has 0 bridgehead atoms. The first-order valence-corrected chi connectivity index (χ1v) is 5.19. The number of anilines is 1. The van der Waals surface area contributed by atoms with Gasteiger partial charge in [0, 0.05) is 18.7 Å². The van der Waals surface area contributed by atoms with Gasteiger partial charge in [0.2, 0.25) is 0 Å². The van der Waals surface area contributed by atoms with E-state index in [1.165, 1.54) is 6.92 Å². The zero-order valence-corrected chi connectivity index (χ0v) is 9.54. The molecular formula is C12H16N2O2. The van der Waals surface area contributed by atoms with Crippen molar-refractivity contribution in [2.24, 2.45) is 0 Å². The summed E-state index contributed by atoms with van der Waals surface area (Å²) in [6.45, 7) is 3.85. The van der Waals surface area contributed by atoms with Crippen molar-refractivity contribution in [1.29, 1.82) is 0 Å². The third-order valence-corrected chi connectivity index (χ3v) is 2.07. The van der Waals surface area contributed by atoms with Crippen LogP contribution in [0.3, 0.4) is 0 Å². The number of hydrogen-bond acceptors (Lipinski definition) is 2. The predicted octanol–water partition coefficient (Wildman–Crippen LogP) is 2.10. The van der Waals surface area contributed by atoms with Gasteiger partial charge in [-0.15, -0.1) is 0 Å². The maximum atomic E-state index is 11.3. The smallest absolute Gasteiger partial charge is 0.319 e. The number of rotatable bonds is 4. The van der Waals surface area contributed by atoms with E-state index < -0.39 is 0 Å². The number of amides is 2. The van der Waals surface area contributed by atoms with Crippen LogP contribution in [0.4, 0.5) is 10.5 Å². The third-order valence-electron chi connectivity index (χ3n) is 2.07. The lowest BCUT2D eigenvalue weighted by atomic mass is 10.2. The molecule has 2 N–H and O–H groups in total. The zero-order valence-electron chi connectivity index (χ0n) is 9.54. The van der Waals surface area contributed by atoms with E-state index in [0.29, 0.717) is 13.0 Å². The molecule has 1 aromatic rings. The minimum absolute atomic E-state index is 0.0654. The fourth-order valence-electron chi connectivity index (χ4n) is 1.16. The molecule has 0 aliphatic rings. The van der Waals surface area contributed by atoms with Crippen LogP contribution in [0.15, 0.2) is 24.3 Å². The second-order valence-corrected chi connectivity index (χ2v) is 3.70. The molecule has 16 heavy (non-hydrogen) atoms. The molecule has 0 unspecified atom stereocenters. The largest absolute Gasteiger partial charge is 0.337 e. The van der Waals surface area contributed by atoms with Gasteiger partial charge in [-0.3, -0.25) is 4.79 Å². The summed E-state index contributed by atoms with van der Waals surface area (Å²) >= 11 is 0. The van der Waals surface area contributed by atoms with E-state index in [4.69, 9.17) is 0 Å². The number of nitrogens with one attached hydrogen (secondary N) is 2. The summed E-state index contributed by atoms with van der Waals surface area (Å²) in [5.41, 5.74) is 1.88. The SMILES string of the molecule is CC(=O)CCNC(=O)Nc1ccc(C)cc1. The molecule has 0 heterocycles. The summed E-state index contributed by atoms with van der Waals surface area (Å²) in [4.78, 5) is 22.0. The van der Waals surface area contributed by atoms with Gasteiger partial charge in [0.1, 0.15) is 5.78 Å². The number of aryl methyl sites for hydroxylation is 1. The molecule has 1 aromatic carbocycles. The summed E-state index contributed by atoms with van der Waals surface area (Å²) in [5.74, 6) is 0.0654. The fourth-order valence-corrected chi connectivity index (χ4v) is 1.16. The lowest BCUT2D eigenvalue weighted by molar-refractivity contribution is -0.116. The van der Waals surface area contributed by atoms with Crippen molar-refractivity contribution < 1.29 is 9.59 Å². The topological polar surface area (TPSA) is 58.2 Å². The molecule has 0 radical (unpaired) electrons. The van der Waals surface area contributed by atoms with Crippen LogP contribution in [0, 0.1) is 6.92 Å². The van der Waals surface area contributed by atoms with Crippen LogP contribution in [0.2, 0.25) is 0 Å². The highest BCUT2D eigenvalue weighted by Crippen LogP contribution is 2.07. The van der Waals surface area contributed by atoms with E-state index in [1.807, 2.05) is 31.2 Å². The molecule has 4 heteroatoms. The van der Waals surface area contributed by atoms with Gasteiger partial charge in [-0.2, -0.15) is 0 Å². The number of urea groups is 1. The molecule has 0 atom stereocenters. The quantitative estimate of drug-likeness (QED) is 0.816. The second-order valence-electron chi connectivity index (χ2n) is 3.70. The molecule has 0 aromatic heterocycles. The van der Waals surface area contributed by atoms with E-state index in [2.05, 4.69) is 10.6 Å². The Morgan fingerprint density at radius 2 is 1.81 bits per heavy atom. The number of carbonyl (C=O) groups excluding carboxylic acids is 2. The van der Waals surface area contributed by atoms with Crippen LogP contribution < -0.4 is 10.6 Å². The molecule has 0 aliphatic heterocycles. The van der Waals surface area contributed by atoms with Crippen molar-refractivity contribution in [2.75, 3.05) is 11.9 Å². The fraction of sp³-hybridized carbons (Fsp3) is 0.333. The Kier molecular flexibility index (Phi) is 4.51.